The van der Waals surface area contributed by atoms with Crippen molar-refractivity contribution in [2.24, 2.45) is 17.3 Å². The summed E-state index contributed by atoms with van der Waals surface area (Å²) in [6.45, 7) is 14.8. The molecule has 0 aromatic heterocycles. The molecule has 0 bridgehead atoms. The first-order valence-electron chi connectivity index (χ1n) is 5.97. The Labute approximate surface area is 100 Å². The molecule has 0 aliphatic carbocycles. The van der Waals surface area contributed by atoms with E-state index in [-0.39, 0.29) is 11.3 Å². The lowest BCUT2D eigenvalue weighted by Crippen LogP contribution is -2.22. The predicted molar refractivity (Wildman–Crippen MR) is 73.0 cm³/mol. The van der Waals surface area contributed by atoms with Crippen molar-refractivity contribution in [2.75, 3.05) is 0 Å². The molecule has 1 heteroatoms. The Bertz CT molecular complexity index is 301. The van der Waals surface area contributed by atoms with E-state index in [9.17, 15) is 0 Å². The zero-order chi connectivity index (χ0) is 12.8. The Morgan fingerprint density at radius 1 is 1.44 bits per heavy atom. The molecule has 16 heavy (non-hydrogen) atoms. The van der Waals surface area contributed by atoms with Crippen molar-refractivity contribution in [3.05, 3.63) is 30.0 Å². The lowest BCUT2D eigenvalue weighted by Gasteiger charge is -2.32. The minimum Gasteiger partial charge on any atom is -0.312 e. The number of allylic oxidation sites excluding steroid dienone is 3. The Hall–Kier alpha value is -1.07. The Balaban J connectivity index is 5.18. The van der Waals surface area contributed by atoms with E-state index < -0.39 is 0 Å². The van der Waals surface area contributed by atoms with Crippen molar-refractivity contribution >= 4 is 6.21 Å². The summed E-state index contributed by atoms with van der Waals surface area (Å²) in [7, 11) is 0. The van der Waals surface area contributed by atoms with Gasteiger partial charge in [0.25, 0.3) is 0 Å². The monoisotopic (exact) mass is 219 g/mol. The van der Waals surface area contributed by atoms with Gasteiger partial charge in [-0.3, -0.25) is 0 Å². The molecule has 0 saturated carbocycles. The van der Waals surface area contributed by atoms with Gasteiger partial charge in [0.05, 0.1) is 0 Å². The molecule has 0 radical (unpaired) electrons. The van der Waals surface area contributed by atoms with Crippen molar-refractivity contribution in [3.63, 3.8) is 0 Å². The lowest BCUT2D eigenvalue weighted by atomic mass is 9.73. The molecule has 1 N–H and O–H groups in total. The van der Waals surface area contributed by atoms with E-state index in [1.807, 2.05) is 6.08 Å². The summed E-state index contributed by atoms with van der Waals surface area (Å²) >= 11 is 0. The van der Waals surface area contributed by atoms with Crippen LogP contribution in [-0.4, -0.2) is 6.21 Å². The molecule has 1 atom stereocenters. The maximum absolute atomic E-state index is 7.37. The normalized spacial score (nSPS) is 14.5. The summed E-state index contributed by atoms with van der Waals surface area (Å²) in [5.41, 5.74) is 4.35. The molecule has 0 aromatic rings. The third kappa shape index (κ3) is 3.83. The van der Waals surface area contributed by atoms with Crippen LogP contribution in [0.3, 0.4) is 0 Å². The average Bonchev–Trinajstić information content (AvgIpc) is 2.23. The highest BCUT2D eigenvalue weighted by atomic mass is 14.4. The third-order valence-electron chi connectivity index (χ3n) is 3.55. The van der Waals surface area contributed by atoms with Crippen LogP contribution in [-0.2, 0) is 0 Å². The van der Waals surface area contributed by atoms with E-state index in [0.29, 0.717) is 5.92 Å². The van der Waals surface area contributed by atoms with Crippen molar-refractivity contribution in [3.8, 4) is 0 Å². The molecule has 0 fully saturated rings. The molecule has 0 amide bonds. The summed E-state index contributed by atoms with van der Waals surface area (Å²) in [5, 5.41) is 7.37. The van der Waals surface area contributed by atoms with Crippen molar-refractivity contribution < 1.29 is 0 Å². The number of hydrogen-bond donors (Lipinski definition) is 1. The van der Waals surface area contributed by atoms with E-state index >= 15 is 0 Å². The summed E-state index contributed by atoms with van der Waals surface area (Å²) in [6.07, 6.45) is 6.47. The highest BCUT2D eigenvalue weighted by Crippen LogP contribution is 2.36. The van der Waals surface area contributed by atoms with Gasteiger partial charge in [-0.05, 0) is 23.8 Å². The van der Waals surface area contributed by atoms with Gasteiger partial charge in [0, 0.05) is 12.1 Å². The van der Waals surface area contributed by atoms with Gasteiger partial charge >= 0.3 is 0 Å². The van der Waals surface area contributed by atoms with Crippen LogP contribution in [0.5, 0.6) is 0 Å². The van der Waals surface area contributed by atoms with Crippen LogP contribution in [0.2, 0.25) is 0 Å². The minimum atomic E-state index is 0.0328. The smallest absolute Gasteiger partial charge is 0.0373 e. The molecular formula is C15H25N. The second-order valence-electron chi connectivity index (χ2n) is 5.04. The van der Waals surface area contributed by atoms with Crippen LogP contribution in [0.4, 0.5) is 0 Å². The molecule has 0 spiro atoms. The number of rotatable bonds is 6. The molecule has 0 aliphatic heterocycles. The van der Waals surface area contributed by atoms with Gasteiger partial charge in [0.15, 0.2) is 0 Å². The van der Waals surface area contributed by atoms with E-state index in [1.165, 1.54) is 11.8 Å². The van der Waals surface area contributed by atoms with Gasteiger partial charge in [-0.15, -0.1) is 5.73 Å². The highest BCUT2D eigenvalue weighted by Gasteiger charge is 2.26. The highest BCUT2D eigenvalue weighted by molar-refractivity contribution is 5.62. The van der Waals surface area contributed by atoms with Gasteiger partial charge in [-0.1, -0.05) is 52.8 Å². The van der Waals surface area contributed by atoms with Crippen molar-refractivity contribution in [1.29, 1.82) is 5.41 Å². The van der Waals surface area contributed by atoms with Crippen molar-refractivity contribution in [1.82, 2.24) is 0 Å². The molecule has 0 heterocycles. The first-order chi connectivity index (χ1) is 7.39. The lowest BCUT2D eigenvalue weighted by molar-refractivity contribution is 0.301. The van der Waals surface area contributed by atoms with E-state index in [1.54, 1.807) is 0 Å². The second-order valence-corrected chi connectivity index (χ2v) is 5.04. The fraction of sp³-hybridized carbons (Fsp3) is 0.600. The fourth-order valence-electron chi connectivity index (χ4n) is 1.67. The SMILES string of the molecule is C=C=CC(C=N)/C=C(\CC)C(C)(C)C(C)C. The molecule has 0 rings (SSSR count). The van der Waals surface area contributed by atoms with Gasteiger partial charge in [0.1, 0.15) is 0 Å². The van der Waals surface area contributed by atoms with Crippen LogP contribution in [0, 0.1) is 22.7 Å². The Kier molecular flexibility index (Phi) is 6.06. The summed E-state index contributed by atoms with van der Waals surface area (Å²) in [4.78, 5) is 0. The molecule has 90 valence electrons. The molecule has 0 aromatic carbocycles. The summed E-state index contributed by atoms with van der Waals surface area (Å²) < 4.78 is 0. The minimum absolute atomic E-state index is 0.0328. The quantitative estimate of drug-likeness (QED) is 0.383. The number of hydrogen-bond acceptors (Lipinski definition) is 1. The Morgan fingerprint density at radius 3 is 2.31 bits per heavy atom. The van der Waals surface area contributed by atoms with E-state index in [2.05, 4.69) is 53.0 Å². The summed E-state index contributed by atoms with van der Waals surface area (Å²) in [6, 6.07) is 0. The predicted octanol–water partition coefficient (Wildman–Crippen LogP) is 4.61. The zero-order valence-electron chi connectivity index (χ0n) is 11.3. The van der Waals surface area contributed by atoms with Crippen LogP contribution in [0.15, 0.2) is 30.0 Å². The molecule has 0 aliphatic rings. The topological polar surface area (TPSA) is 23.9 Å². The largest absolute Gasteiger partial charge is 0.312 e. The van der Waals surface area contributed by atoms with Crippen LogP contribution < -0.4 is 0 Å². The fourth-order valence-corrected chi connectivity index (χ4v) is 1.67. The molecule has 1 nitrogen and oxygen atoms in total. The van der Waals surface area contributed by atoms with E-state index in [0.717, 1.165) is 6.42 Å². The van der Waals surface area contributed by atoms with Gasteiger partial charge in [-0.2, -0.15) is 0 Å². The van der Waals surface area contributed by atoms with Gasteiger partial charge < -0.3 is 5.41 Å². The van der Waals surface area contributed by atoms with E-state index in [4.69, 9.17) is 5.41 Å². The first-order valence-corrected chi connectivity index (χ1v) is 5.97. The number of nitrogens with one attached hydrogen (secondary N) is 1. The molecular weight excluding hydrogens is 194 g/mol. The van der Waals surface area contributed by atoms with Gasteiger partial charge in [-0.25, -0.2) is 0 Å². The standard InChI is InChI=1S/C15H25N/c1-7-9-13(11-16)10-14(8-2)15(5,6)12(3)4/h9-13,16H,1,8H2,2-6H3/b14-10+,16-11?. The van der Waals surface area contributed by atoms with Crippen molar-refractivity contribution in [2.45, 2.75) is 41.0 Å². The summed E-state index contributed by atoms with van der Waals surface area (Å²) in [5.74, 6) is 0.628. The second kappa shape index (κ2) is 6.50. The average molecular weight is 219 g/mol. The van der Waals surface area contributed by atoms with Crippen LogP contribution >= 0.6 is 0 Å². The van der Waals surface area contributed by atoms with Crippen LogP contribution in [0.25, 0.3) is 0 Å². The first kappa shape index (κ1) is 14.9. The third-order valence-corrected chi connectivity index (χ3v) is 3.55. The zero-order valence-corrected chi connectivity index (χ0v) is 11.3. The Morgan fingerprint density at radius 2 is 2.00 bits per heavy atom. The molecule has 1 unspecified atom stereocenters. The van der Waals surface area contributed by atoms with Gasteiger partial charge in [0.2, 0.25) is 0 Å². The molecule has 0 saturated heterocycles. The maximum Gasteiger partial charge on any atom is 0.0373 e. The van der Waals surface area contributed by atoms with Crippen LogP contribution in [0.1, 0.15) is 41.0 Å². The maximum atomic E-state index is 7.37.